The Balaban J connectivity index is 1.68. The van der Waals surface area contributed by atoms with Gasteiger partial charge in [0.25, 0.3) is 5.91 Å². The summed E-state index contributed by atoms with van der Waals surface area (Å²) in [4.78, 5) is 23.6. The van der Waals surface area contributed by atoms with Gasteiger partial charge in [0.2, 0.25) is 0 Å². The highest BCUT2D eigenvalue weighted by Gasteiger charge is 2.09. The van der Waals surface area contributed by atoms with E-state index in [9.17, 15) is 9.59 Å². The van der Waals surface area contributed by atoms with E-state index in [4.69, 9.17) is 13.9 Å². The second-order valence-electron chi connectivity index (χ2n) is 5.67. The van der Waals surface area contributed by atoms with Gasteiger partial charge >= 0.3 is 5.63 Å². The van der Waals surface area contributed by atoms with Crippen molar-refractivity contribution < 1.29 is 18.7 Å². The van der Waals surface area contributed by atoms with Gasteiger partial charge in [-0.2, -0.15) is 0 Å². The van der Waals surface area contributed by atoms with E-state index in [2.05, 4.69) is 5.32 Å². The first kappa shape index (κ1) is 17.5. The van der Waals surface area contributed by atoms with Crippen molar-refractivity contribution in [3.05, 3.63) is 64.5 Å². The Kier molecular flexibility index (Phi) is 5.22. The second kappa shape index (κ2) is 7.74. The predicted molar refractivity (Wildman–Crippen MR) is 99.0 cm³/mol. The largest absolute Gasteiger partial charge is 0.492 e. The van der Waals surface area contributed by atoms with Crippen molar-refractivity contribution in [3.63, 3.8) is 0 Å². The summed E-state index contributed by atoms with van der Waals surface area (Å²) < 4.78 is 16.2. The van der Waals surface area contributed by atoms with Crippen molar-refractivity contribution in [2.45, 2.75) is 13.8 Å². The topological polar surface area (TPSA) is 77.8 Å². The lowest BCUT2D eigenvalue weighted by Crippen LogP contribution is -2.20. The van der Waals surface area contributed by atoms with Gasteiger partial charge in [-0.05, 0) is 43.7 Å². The van der Waals surface area contributed by atoms with Crippen LogP contribution in [0.2, 0.25) is 0 Å². The van der Waals surface area contributed by atoms with E-state index in [1.807, 2.05) is 26.0 Å². The van der Waals surface area contributed by atoms with Crippen LogP contribution in [0.1, 0.15) is 12.5 Å². The molecule has 1 amide bonds. The summed E-state index contributed by atoms with van der Waals surface area (Å²) in [5, 5.41) is 3.58. The smallest absolute Gasteiger partial charge is 0.336 e. The number of fused-ring (bicyclic) bond motifs is 1. The minimum Gasteiger partial charge on any atom is -0.492 e. The van der Waals surface area contributed by atoms with Gasteiger partial charge in [-0.3, -0.25) is 4.79 Å². The number of aryl methyl sites for hydroxylation is 1. The molecule has 134 valence electrons. The van der Waals surface area contributed by atoms with Crippen molar-refractivity contribution in [2.24, 2.45) is 0 Å². The molecule has 26 heavy (non-hydrogen) atoms. The summed E-state index contributed by atoms with van der Waals surface area (Å²) in [6.07, 6.45) is 0. The molecular formula is C20H19NO5. The van der Waals surface area contributed by atoms with Gasteiger partial charge in [-0.1, -0.05) is 12.1 Å². The molecule has 3 rings (SSSR count). The molecule has 2 aromatic carbocycles. The van der Waals surface area contributed by atoms with E-state index in [-0.39, 0.29) is 12.5 Å². The summed E-state index contributed by atoms with van der Waals surface area (Å²) in [5.74, 6) is 0.730. The van der Waals surface area contributed by atoms with Crippen LogP contribution in [-0.4, -0.2) is 19.1 Å². The highest BCUT2D eigenvalue weighted by molar-refractivity contribution is 5.93. The third-order valence-corrected chi connectivity index (χ3v) is 3.75. The molecule has 3 aromatic rings. The number of nitrogens with one attached hydrogen (secondary N) is 1. The fourth-order valence-electron chi connectivity index (χ4n) is 2.58. The van der Waals surface area contributed by atoms with Gasteiger partial charge in [0, 0.05) is 17.5 Å². The monoisotopic (exact) mass is 353 g/mol. The second-order valence-corrected chi connectivity index (χ2v) is 5.67. The Labute approximate surface area is 150 Å². The first-order chi connectivity index (χ1) is 12.6. The Morgan fingerprint density at radius 1 is 1.12 bits per heavy atom. The molecule has 1 N–H and O–H groups in total. The lowest BCUT2D eigenvalue weighted by Gasteiger charge is -2.12. The number of carbonyl (C=O) groups excluding carboxylic acids is 1. The minimum absolute atomic E-state index is 0.179. The van der Waals surface area contributed by atoms with Crippen LogP contribution >= 0.6 is 0 Å². The highest BCUT2D eigenvalue weighted by atomic mass is 16.5. The number of amides is 1. The lowest BCUT2D eigenvalue weighted by molar-refractivity contribution is -0.118. The molecule has 0 saturated heterocycles. The summed E-state index contributed by atoms with van der Waals surface area (Å²) in [6.45, 7) is 4.04. The van der Waals surface area contributed by atoms with E-state index >= 15 is 0 Å². The number of para-hydroxylation sites is 2. The summed E-state index contributed by atoms with van der Waals surface area (Å²) >= 11 is 0. The molecule has 0 aliphatic heterocycles. The van der Waals surface area contributed by atoms with Gasteiger partial charge in [0.15, 0.2) is 6.61 Å². The summed E-state index contributed by atoms with van der Waals surface area (Å²) in [5.41, 5.74) is 1.42. The molecule has 0 spiro atoms. The Morgan fingerprint density at radius 2 is 1.92 bits per heavy atom. The van der Waals surface area contributed by atoms with Gasteiger partial charge < -0.3 is 19.2 Å². The summed E-state index contributed by atoms with van der Waals surface area (Å²) in [6, 6.07) is 13.8. The van der Waals surface area contributed by atoms with Gasteiger partial charge in [-0.25, -0.2) is 4.79 Å². The Morgan fingerprint density at radius 3 is 2.73 bits per heavy atom. The molecule has 1 heterocycles. The average molecular weight is 353 g/mol. The van der Waals surface area contributed by atoms with Crippen LogP contribution in [0.3, 0.4) is 0 Å². The number of hydrogen-bond donors (Lipinski definition) is 1. The third-order valence-electron chi connectivity index (χ3n) is 3.75. The standard InChI is InChI=1S/C20H19NO5/c1-3-24-17-7-5-4-6-16(17)21-19(22)12-25-14-8-9-15-13(2)10-20(23)26-18(15)11-14/h4-11H,3,12H2,1-2H3,(H,21,22). The number of ether oxygens (including phenoxy) is 2. The van der Waals surface area contributed by atoms with E-state index in [0.717, 1.165) is 10.9 Å². The predicted octanol–water partition coefficient (Wildman–Crippen LogP) is 3.52. The van der Waals surface area contributed by atoms with Gasteiger partial charge in [-0.15, -0.1) is 0 Å². The highest BCUT2D eigenvalue weighted by Crippen LogP contribution is 2.24. The number of carbonyl (C=O) groups is 1. The molecule has 1 aromatic heterocycles. The quantitative estimate of drug-likeness (QED) is 0.686. The normalized spacial score (nSPS) is 10.5. The number of benzene rings is 2. The average Bonchev–Trinajstić information content (AvgIpc) is 2.61. The SMILES string of the molecule is CCOc1ccccc1NC(=O)COc1ccc2c(C)cc(=O)oc2c1. The van der Waals surface area contributed by atoms with Crippen LogP contribution in [0, 0.1) is 6.92 Å². The zero-order valence-corrected chi connectivity index (χ0v) is 14.6. The van der Waals surface area contributed by atoms with Crippen molar-refractivity contribution in [1.29, 1.82) is 0 Å². The molecule has 0 aliphatic carbocycles. The fraction of sp³-hybridized carbons (Fsp3) is 0.200. The number of hydrogen-bond acceptors (Lipinski definition) is 5. The van der Waals surface area contributed by atoms with Crippen molar-refractivity contribution in [3.8, 4) is 11.5 Å². The first-order valence-electron chi connectivity index (χ1n) is 8.26. The van der Waals surface area contributed by atoms with Crippen molar-refractivity contribution >= 4 is 22.6 Å². The molecule has 6 nitrogen and oxygen atoms in total. The molecule has 0 unspecified atom stereocenters. The van der Waals surface area contributed by atoms with Crippen LogP contribution in [0.4, 0.5) is 5.69 Å². The van der Waals surface area contributed by atoms with Crippen molar-refractivity contribution in [1.82, 2.24) is 0 Å². The fourth-order valence-corrected chi connectivity index (χ4v) is 2.58. The minimum atomic E-state index is -0.419. The Bertz CT molecular complexity index is 993. The molecular weight excluding hydrogens is 334 g/mol. The van der Waals surface area contributed by atoms with Crippen LogP contribution in [0.5, 0.6) is 11.5 Å². The molecule has 0 radical (unpaired) electrons. The third kappa shape index (κ3) is 4.03. The number of anilines is 1. The maximum atomic E-state index is 12.1. The van der Waals surface area contributed by atoms with Crippen LogP contribution in [0.15, 0.2) is 57.7 Å². The van der Waals surface area contributed by atoms with E-state index < -0.39 is 5.63 Å². The number of rotatable bonds is 6. The Hall–Kier alpha value is -3.28. The first-order valence-corrected chi connectivity index (χ1v) is 8.26. The molecule has 0 aliphatic rings. The maximum absolute atomic E-state index is 12.1. The van der Waals surface area contributed by atoms with E-state index in [1.165, 1.54) is 6.07 Å². The lowest BCUT2D eigenvalue weighted by atomic mass is 10.1. The van der Waals surface area contributed by atoms with Crippen molar-refractivity contribution in [2.75, 3.05) is 18.5 Å². The maximum Gasteiger partial charge on any atom is 0.336 e. The zero-order chi connectivity index (χ0) is 18.5. The zero-order valence-electron chi connectivity index (χ0n) is 14.6. The molecule has 0 bridgehead atoms. The molecule has 0 fully saturated rings. The van der Waals surface area contributed by atoms with Crippen LogP contribution in [-0.2, 0) is 4.79 Å². The van der Waals surface area contributed by atoms with Gasteiger partial charge in [0.05, 0.1) is 12.3 Å². The molecule has 0 saturated carbocycles. The van der Waals surface area contributed by atoms with Crippen LogP contribution in [0.25, 0.3) is 11.0 Å². The van der Waals surface area contributed by atoms with Crippen LogP contribution < -0.4 is 20.4 Å². The molecule has 6 heteroatoms. The molecule has 0 atom stereocenters. The summed E-state index contributed by atoms with van der Waals surface area (Å²) in [7, 11) is 0. The van der Waals surface area contributed by atoms with E-state index in [0.29, 0.717) is 29.4 Å². The van der Waals surface area contributed by atoms with Gasteiger partial charge in [0.1, 0.15) is 17.1 Å². The van der Waals surface area contributed by atoms with E-state index in [1.54, 1.807) is 30.3 Å².